The Balaban J connectivity index is 1.69. The van der Waals surface area contributed by atoms with Gasteiger partial charge in [-0.25, -0.2) is 0 Å². The number of rotatable bonds is 9. The maximum absolute atomic E-state index is 13.9. The number of para-hydroxylation sites is 2. The molecule has 1 saturated heterocycles. The van der Waals surface area contributed by atoms with Gasteiger partial charge in [-0.2, -0.15) is 0 Å². The minimum Gasteiger partial charge on any atom is -0.496 e. The molecule has 2 aromatic carbocycles. The highest BCUT2D eigenvalue weighted by Gasteiger charge is 2.34. The van der Waals surface area contributed by atoms with E-state index in [0.29, 0.717) is 13.2 Å². The summed E-state index contributed by atoms with van der Waals surface area (Å²) in [6.07, 6.45) is 3.43. The summed E-state index contributed by atoms with van der Waals surface area (Å²) in [4.78, 5) is 20.5. The minimum absolute atomic E-state index is 0.0242. The van der Waals surface area contributed by atoms with Crippen LogP contribution in [0.15, 0.2) is 79.0 Å². The van der Waals surface area contributed by atoms with Crippen molar-refractivity contribution in [2.24, 2.45) is 5.92 Å². The quantitative estimate of drug-likeness (QED) is 0.538. The first-order valence-corrected chi connectivity index (χ1v) is 11.5. The van der Waals surface area contributed by atoms with Crippen LogP contribution in [0, 0.1) is 5.92 Å². The second kappa shape index (κ2) is 11.5. The number of nitrogens with zero attached hydrogens (tertiary/aromatic N) is 2. The van der Waals surface area contributed by atoms with Crippen molar-refractivity contribution in [3.63, 3.8) is 0 Å². The lowest BCUT2D eigenvalue weighted by molar-refractivity contribution is -0.138. The van der Waals surface area contributed by atoms with Crippen LogP contribution < -0.4 is 14.8 Å². The summed E-state index contributed by atoms with van der Waals surface area (Å²) < 4.78 is 11.7. The fourth-order valence-corrected chi connectivity index (χ4v) is 4.37. The number of benzene rings is 2. The summed E-state index contributed by atoms with van der Waals surface area (Å²) in [5.74, 6) is 1.64. The van der Waals surface area contributed by atoms with Crippen LogP contribution in [0.1, 0.15) is 30.1 Å². The van der Waals surface area contributed by atoms with Crippen molar-refractivity contribution in [1.29, 1.82) is 0 Å². The molecule has 172 valence electrons. The molecule has 1 N–H and O–H groups in total. The molecule has 1 unspecified atom stereocenters. The standard InChI is InChI=1S/C27H31N3O3/c1-32-25-13-6-5-11-23(25)26(24-12-7-8-16-29-24)30(27(31)21-14-17-28-18-15-21)19-20-33-22-9-3-2-4-10-22/h2-13,16,21,26,28H,14-15,17-20H2,1H3. The van der Waals surface area contributed by atoms with Crippen LogP contribution in [0.3, 0.4) is 0 Å². The molecule has 1 aliphatic rings. The molecule has 3 aromatic rings. The van der Waals surface area contributed by atoms with Crippen molar-refractivity contribution in [2.45, 2.75) is 18.9 Å². The monoisotopic (exact) mass is 445 g/mol. The molecular formula is C27H31N3O3. The third-order valence-electron chi connectivity index (χ3n) is 6.03. The van der Waals surface area contributed by atoms with Crippen molar-refractivity contribution in [3.8, 4) is 11.5 Å². The van der Waals surface area contributed by atoms with Crippen LogP contribution in [0.5, 0.6) is 11.5 Å². The molecule has 0 saturated carbocycles. The van der Waals surface area contributed by atoms with Gasteiger partial charge in [0.05, 0.1) is 19.3 Å². The third-order valence-corrected chi connectivity index (χ3v) is 6.03. The van der Waals surface area contributed by atoms with E-state index in [-0.39, 0.29) is 17.9 Å². The Bertz CT molecular complexity index is 1010. The first kappa shape index (κ1) is 22.8. The van der Waals surface area contributed by atoms with Gasteiger partial charge in [-0.3, -0.25) is 9.78 Å². The maximum Gasteiger partial charge on any atom is 0.226 e. The summed E-state index contributed by atoms with van der Waals surface area (Å²) in [7, 11) is 1.66. The van der Waals surface area contributed by atoms with E-state index < -0.39 is 0 Å². The number of carbonyl (C=O) groups is 1. The Morgan fingerprint density at radius 2 is 1.76 bits per heavy atom. The summed E-state index contributed by atoms with van der Waals surface area (Å²) in [6, 6.07) is 23.0. The van der Waals surface area contributed by atoms with Gasteiger partial charge in [0.1, 0.15) is 24.1 Å². The molecule has 0 radical (unpaired) electrons. The average Bonchev–Trinajstić information content (AvgIpc) is 2.89. The molecule has 1 aromatic heterocycles. The predicted molar refractivity (Wildman–Crippen MR) is 128 cm³/mol. The smallest absolute Gasteiger partial charge is 0.226 e. The fourth-order valence-electron chi connectivity index (χ4n) is 4.37. The van der Waals surface area contributed by atoms with Gasteiger partial charge in [-0.1, -0.05) is 42.5 Å². The normalized spacial score (nSPS) is 14.9. The molecule has 0 aliphatic carbocycles. The average molecular weight is 446 g/mol. The van der Waals surface area contributed by atoms with Crippen LogP contribution in [-0.2, 0) is 4.79 Å². The zero-order valence-corrected chi connectivity index (χ0v) is 19.0. The SMILES string of the molecule is COc1ccccc1C(c1ccccn1)N(CCOc1ccccc1)C(=O)C1CCNCC1. The third kappa shape index (κ3) is 5.71. The number of piperidine rings is 1. The van der Waals surface area contributed by atoms with E-state index in [9.17, 15) is 4.79 Å². The Morgan fingerprint density at radius 1 is 1.03 bits per heavy atom. The van der Waals surface area contributed by atoms with Gasteiger partial charge in [0.25, 0.3) is 0 Å². The van der Waals surface area contributed by atoms with Crippen LogP contribution in [0.4, 0.5) is 0 Å². The molecule has 1 atom stereocenters. The van der Waals surface area contributed by atoms with E-state index >= 15 is 0 Å². The first-order valence-electron chi connectivity index (χ1n) is 11.5. The summed E-state index contributed by atoms with van der Waals surface area (Å²) in [5, 5.41) is 3.36. The molecule has 4 rings (SSSR count). The topological polar surface area (TPSA) is 63.7 Å². The second-order valence-corrected chi connectivity index (χ2v) is 8.12. The number of ether oxygens (including phenoxy) is 2. The van der Waals surface area contributed by atoms with Crippen molar-refractivity contribution >= 4 is 5.91 Å². The molecule has 1 aliphatic heterocycles. The molecule has 2 heterocycles. The summed E-state index contributed by atoms with van der Waals surface area (Å²) in [5.41, 5.74) is 1.73. The largest absolute Gasteiger partial charge is 0.496 e. The van der Waals surface area contributed by atoms with Crippen molar-refractivity contribution in [3.05, 3.63) is 90.3 Å². The lowest BCUT2D eigenvalue weighted by Gasteiger charge is -2.36. The van der Waals surface area contributed by atoms with Gasteiger partial charge in [0.2, 0.25) is 5.91 Å². The van der Waals surface area contributed by atoms with E-state index in [1.807, 2.05) is 77.7 Å². The highest BCUT2D eigenvalue weighted by molar-refractivity contribution is 5.80. The lowest BCUT2D eigenvalue weighted by Crippen LogP contribution is -2.45. The number of carbonyl (C=O) groups excluding carboxylic acids is 1. The van der Waals surface area contributed by atoms with Gasteiger partial charge >= 0.3 is 0 Å². The van der Waals surface area contributed by atoms with Crippen molar-refractivity contribution in [2.75, 3.05) is 33.4 Å². The molecule has 1 amide bonds. The number of amides is 1. The van der Waals surface area contributed by atoms with Gasteiger partial charge in [0, 0.05) is 17.7 Å². The van der Waals surface area contributed by atoms with E-state index in [1.165, 1.54) is 0 Å². The molecule has 33 heavy (non-hydrogen) atoms. The van der Waals surface area contributed by atoms with E-state index in [0.717, 1.165) is 48.7 Å². The predicted octanol–water partition coefficient (Wildman–Crippen LogP) is 4.09. The Hall–Kier alpha value is -3.38. The molecule has 6 heteroatoms. The van der Waals surface area contributed by atoms with Crippen LogP contribution in [0.25, 0.3) is 0 Å². The van der Waals surface area contributed by atoms with Crippen molar-refractivity contribution in [1.82, 2.24) is 15.2 Å². The van der Waals surface area contributed by atoms with Crippen molar-refractivity contribution < 1.29 is 14.3 Å². The minimum atomic E-state index is -0.371. The highest BCUT2D eigenvalue weighted by atomic mass is 16.5. The summed E-state index contributed by atoms with van der Waals surface area (Å²) in [6.45, 7) is 2.54. The zero-order valence-electron chi connectivity index (χ0n) is 19.0. The van der Waals surface area contributed by atoms with E-state index in [4.69, 9.17) is 9.47 Å². The van der Waals surface area contributed by atoms with Gasteiger partial charge in [0.15, 0.2) is 0 Å². The number of nitrogens with one attached hydrogen (secondary N) is 1. The highest BCUT2D eigenvalue weighted by Crippen LogP contribution is 2.35. The van der Waals surface area contributed by atoms with Gasteiger partial charge < -0.3 is 19.7 Å². The summed E-state index contributed by atoms with van der Waals surface area (Å²) >= 11 is 0. The Labute approximate surface area is 195 Å². The Kier molecular flexibility index (Phi) is 7.93. The molecule has 0 spiro atoms. The number of hydrogen-bond donors (Lipinski definition) is 1. The van der Waals surface area contributed by atoms with Gasteiger partial charge in [-0.15, -0.1) is 0 Å². The molecule has 1 fully saturated rings. The second-order valence-electron chi connectivity index (χ2n) is 8.12. The lowest BCUT2D eigenvalue weighted by atomic mass is 9.93. The molecular weight excluding hydrogens is 414 g/mol. The van der Waals surface area contributed by atoms with E-state index in [1.54, 1.807) is 13.3 Å². The van der Waals surface area contributed by atoms with Crippen LogP contribution in [-0.4, -0.2) is 49.1 Å². The van der Waals surface area contributed by atoms with E-state index in [2.05, 4.69) is 10.3 Å². The number of aromatic nitrogens is 1. The molecule has 6 nitrogen and oxygen atoms in total. The Morgan fingerprint density at radius 3 is 2.48 bits per heavy atom. The van der Waals surface area contributed by atoms with Crippen LogP contribution >= 0.6 is 0 Å². The number of methoxy groups -OCH3 is 1. The fraction of sp³-hybridized carbons (Fsp3) is 0.333. The maximum atomic E-state index is 13.9. The van der Waals surface area contributed by atoms with Crippen LogP contribution in [0.2, 0.25) is 0 Å². The zero-order chi connectivity index (χ0) is 22.9. The number of pyridine rings is 1. The first-order chi connectivity index (χ1) is 16.3. The van der Waals surface area contributed by atoms with Gasteiger partial charge in [-0.05, 0) is 56.3 Å². The number of hydrogen-bond acceptors (Lipinski definition) is 5. The molecule has 0 bridgehead atoms.